The molecule has 1 aromatic rings. The molecule has 2 aliphatic heterocycles. The average Bonchev–Trinajstić information content (AvgIpc) is 3.01. The van der Waals surface area contributed by atoms with Crippen LogP contribution in [-0.4, -0.2) is 30.8 Å². The molecule has 5 heteroatoms. The minimum absolute atomic E-state index is 0.0484. The van der Waals surface area contributed by atoms with Crippen molar-refractivity contribution in [3.8, 4) is 0 Å². The predicted octanol–water partition coefficient (Wildman–Crippen LogP) is 2.19. The molecule has 0 spiro atoms. The first-order valence-corrected chi connectivity index (χ1v) is 7.41. The van der Waals surface area contributed by atoms with E-state index in [4.69, 9.17) is 11.6 Å². The highest BCUT2D eigenvalue weighted by molar-refractivity contribution is 6.18. The molecule has 2 amide bonds. The molecule has 20 heavy (non-hydrogen) atoms. The van der Waals surface area contributed by atoms with E-state index in [2.05, 4.69) is 0 Å². The van der Waals surface area contributed by atoms with Crippen LogP contribution in [0.4, 0.5) is 11.4 Å². The minimum Gasteiger partial charge on any atom is -0.312 e. The summed E-state index contributed by atoms with van der Waals surface area (Å²) in [7, 11) is 0. The van der Waals surface area contributed by atoms with Gasteiger partial charge < -0.3 is 9.80 Å². The summed E-state index contributed by atoms with van der Waals surface area (Å²) in [5.74, 6) is 0.892. The van der Waals surface area contributed by atoms with E-state index >= 15 is 0 Å². The number of fused-ring (bicyclic) bond motifs is 1. The van der Waals surface area contributed by atoms with E-state index in [0.29, 0.717) is 18.8 Å². The Morgan fingerprint density at radius 1 is 1.45 bits per heavy atom. The van der Waals surface area contributed by atoms with Gasteiger partial charge in [-0.25, -0.2) is 0 Å². The number of nitrogens with zero attached hydrogens (tertiary/aromatic N) is 2. The number of hydrogen-bond acceptors (Lipinski definition) is 2. The topological polar surface area (TPSA) is 40.6 Å². The van der Waals surface area contributed by atoms with Crippen LogP contribution in [-0.2, 0) is 16.0 Å². The Bertz CT molecular complexity index is 573. The van der Waals surface area contributed by atoms with Crippen LogP contribution in [0.15, 0.2) is 18.2 Å². The van der Waals surface area contributed by atoms with Gasteiger partial charge in [-0.15, -0.1) is 11.6 Å². The number of hydrogen-bond donors (Lipinski definition) is 0. The summed E-state index contributed by atoms with van der Waals surface area (Å²) >= 11 is 5.85. The van der Waals surface area contributed by atoms with Crippen molar-refractivity contribution in [2.45, 2.75) is 19.8 Å². The van der Waals surface area contributed by atoms with Crippen molar-refractivity contribution in [2.24, 2.45) is 5.92 Å². The molecule has 4 nitrogen and oxygen atoms in total. The Morgan fingerprint density at radius 2 is 2.25 bits per heavy atom. The molecule has 0 bridgehead atoms. The first-order valence-electron chi connectivity index (χ1n) is 6.87. The summed E-state index contributed by atoms with van der Waals surface area (Å²) in [5, 5.41) is 0. The molecule has 106 valence electrons. The Labute approximate surface area is 123 Å². The fourth-order valence-electron chi connectivity index (χ4n) is 3.00. The van der Waals surface area contributed by atoms with E-state index in [1.54, 1.807) is 16.7 Å². The Hall–Kier alpha value is -1.55. The van der Waals surface area contributed by atoms with Crippen LogP contribution < -0.4 is 9.80 Å². The maximum Gasteiger partial charge on any atom is 0.227 e. The zero-order chi connectivity index (χ0) is 14.3. The van der Waals surface area contributed by atoms with E-state index in [0.717, 1.165) is 24.3 Å². The highest BCUT2D eigenvalue weighted by atomic mass is 35.5. The molecule has 1 fully saturated rings. The molecule has 0 aliphatic carbocycles. The Morgan fingerprint density at radius 3 is 2.90 bits per heavy atom. The highest BCUT2D eigenvalue weighted by Gasteiger charge is 2.31. The lowest BCUT2D eigenvalue weighted by atomic mass is 10.1. The maximum atomic E-state index is 12.0. The van der Waals surface area contributed by atoms with E-state index < -0.39 is 0 Å². The SMILES string of the molecule is CC(=O)N1CCc2ccc(N3CC(CCl)CC3=O)cc21. The fourth-order valence-corrected chi connectivity index (χ4v) is 3.20. The van der Waals surface area contributed by atoms with Gasteiger partial charge in [-0.3, -0.25) is 9.59 Å². The third-order valence-corrected chi connectivity index (χ3v) is 4.52. The number of amides is 2. The first-order chi connectivity index (χ1) is 9.60. The largest absolute Gasteiger partial charge is 0.312 e. The molecule has 0 saturated carbocycles. The monoisotopic (exact) mass is 292 g/mol. The van der Waals surface area contributed by atoms with Gasteiger partial charge in [0.25, 0.3) is 0 Å². The lowest BCUT2D eigenvalue weighted by molar-refractivity contribution is -0.117. The minimum atomic E-state index is 0.0484. The quantitative estimate of drug-likeness (QED) is 0.784. The summed E-state index contributed by atoms with van der Waals surface area (Å²) in [6.45, 7) is 2.97. The molecule has 2 aliphatic rings. The van der Waals surface area contributed by atoms with Gasteiger partial charge in [0.05, 0.1) is 0 Å². The van der Waals surface area contributed by atoms with Gasteiger partial charge in [0.15, 0.2) is 0 Å². The molecule has 1 unspecified atom stereocenters. The summed E-state index contributed by atoms with van der Waals surface area (Å²) in [4.78, 5) is 27.2. The highest BCUT2D eigenvalue weighted by Crippen LogP contribution is 2.34. The fraction of sp³-hybridized carbons (Fsp3) is 0.467. The van der Waals surface area contributed by atoms with Crippen LogP contribution >= 0.6 is 11.6 Å². The molecule has 1 aromatic carbocycles. The zero-order valence-corrected chi connectivity index (χ0v) is 12.2. The third-order valence-electron chi connectivity index (χ3n) is 4.08. The number of rotatable bonds is 2. The Kier molecular flexibility index (Phi) is 3.42. The van der Waals surface area contributed by atoms with Crippen LogP contribution in [0.5, 0.6) is 0 Å². The lowest BCUT2D eigenvalue weighted by Gasteiger charge is -2.20. The number of carbonyl (C=O) groups excluding carboxylic acids is 2. The van der Waals surface area contributed by atoms with Gasteiger partial charge in [0.1, 0.15) is 0 Å². The van der Waals surface area contributed by atoms with Crippen molar-refractivity contribution in [2.75, 3.05) is 28.8 Å². The second-order valence-electron chi connectivity index (χ2n) is 5.46. The van der Waals surface area contributed by atoms with E-state index in [1.165, 1.54) is 5.56 Å². The van der Waals surface area contributed by atoms with Crippen LogP contribution in [0.3, 0.4) is 0 Å². The zero-order valence-electron chi connectivity index (χ0n) is 11.4. The normalized spacial score (nSPS) is 21.5. The van der Waals surface area contributed by atoms with Crippen molar-refractivity contribution >= 4 is 34.8 Å². The van der Waals surface area contributed by atoms with Crippen LogP contribution in [0.25, 0.3) is 0 Å². The molecule has 0 radical (unpaired) electrons. The van der Waals surface area contributed by atoms with E-state index in [9.17, 15) is 9.59 Å². The van der Waals surface area contributed by atoms with Gasteiger partial charge in [0.2, 0.25) is 11.8 Å². The summed E-state index contributed by atoms with van der Waals surface area (Å²) in [5.41, 5.74) is 2.98. The van der Waals surface area contributed by atoms with Crippen molar-refractivity contribution in [3.05, 3.63) is 23.8 Å². The van der Waals surface area contributed by atoms with Gasteiger partial charge in [-0.2, -0.15) is 0 Å². The van der Waals surface area contributed by atoms with Crippen LogP contribution in [0, 0.1) is 5.92 Å². The second kappa shape index (κ2) is 5.09. The summed E-state index contributed by atoms with van der Waals surface area (Å²) in [6, 6.07) is 5.95. The summed E-state index contributed by atoms with van der Waals surface area (Å²) < 4.78 is 0. The molecule has 1 atom stereocenters. The second-order valence-corrected chi connectivity index (χ2v) is 5.77. The standard InChI is InChI=1S/C15H17ClN2O2/c1-10(19)17-5-4-12-2-3-13(7-14(12)17)18-9-11(8-16)6-15(18)20/h2-3,7,11H,4-6,8-9H2,1H3. The van der Waals surface area contributed by atoms with Crippen molar-refractivity contribution in [1.29, 1.82) is 0 Å². The predicted molar refractivity (Wildman–Crippen MR) is 79.4 cm³/mol. The molecule has 0 N–H and O–H groups in total. The average molecular weight is 293 g/mol. The van der Waals surface area contributed by atoms with Gasteiger partial charge >= 0.3 is 0 Å². The number of anilines is 2. The molecule has 2 heterocycles. The number of benzene rings is 1. The third kappa shape index (κ3) is 2.18. The van der Waals surface area contributed by atoms with Crippen LogP contribution in [0.1, 0.15) is 18.9 Å². The Balaban J connectivity index is 1.91. The van der Waals surface area contributed by atoms with E-state index in [-0.39, 0.29) is 17.7 Å². The van der Waals surface area contributed by atoms with Gasteiger partial charge in [-0.05, 0) is 30.0 Å². The molecule has 3 rings (SSSR count). The van der Waals surface area contributed by atoms with Crippen molar-refractivity contribution < 1.29 is 9.59 Å². The number of halogens is 1. The molecular formula is C15H17ClN2O2. The van der Waals surface area contributed by atoms with Gasteiger partial charge in [0, 0.05) is 43.7 Å². The number of alkyl halides is 1. The number of carbonyl (C=O) groups is 2. The first kappa shape index (κ1) is 13.4. The van der Waals surface area contributed by atoms with Crippen molar-refractivity contribution in [1.82, 2.24) is 0 Å². The smallest absolute Gasteiger partial charge is 0.227 e. The summed E-state index contributed by atoms with van der Waals surface area (Å²) in [6.07, 6.45) is 1.39. The molecule has 1 saturated heterocycles. The van der Waals surface area contributed by atoms with E-state index in [1.807, 2.05) is 18.2 Å². The lowest BCUT2D eigenvalue weighted by Crippen LogP contribution is -2.27. The maximum absolute atomic E-state index is 12.0. The molecular weight excluding hydrogens is 276 g/mol. The molecule has 0 aromatic heterocycles. The van der Waals surface area contributed by atoms with Crippen LogP contribution in [0.2, 0.25) is 0 Å². The van der Waals surface area contributed by atoms with Gasteiger partial charge in [-0.1, -0.05) is 6.07 Å². The van der Waals surface area contributed by atoms with Crippen molar-refractivity contribution in [3.63, 3.8) is 0 Å².